The second-order valence-corrected chi connectivity index (χ2v) is 19.7. The topological polar surface area (TPSA) is 134 Å². The number of aryl methyl sites for hydroxylation is 1. The normalized spacial score (nSPS) is 19.5. The van der Waals surface area contributed by atoms with Gasteiger partial charge in [-0.2, -0.15) is 9.97 Å². The number of hydrogen-bond donors (Lipinski definition) is 3. The quantitative estimate of drug-likeness (QED) is 0.143. The van der Waals surface area contributed by atoms with E-state index in [1.165, 1.54) is 50.2 Å². The van der Waals surface area contributed by atoms with Crippen molar-refractivity contribution in [3.63, 3.8) is 0 Å². The molecule has 13 nitrogen and oxygen atoms in total. The lowest BCUT2D eigenvalue weighted by Crippen LogP contribution is -2.51. The lowest BCUT2D eigenvalue weighted by Gasteiger charge is -2.34. The second-order valence-electron chi connectivity index (χ2n) is 19.7. The van der Waals surface area contributed by atoms with Crippen LogP contribution in [-0.4, -0.2) is 136 Å². The molecule has 0 spiro atoms. The van der Waals surface area contributed by atoms with E-state index in [1.807, 2.05) is 57.2 Å². The van der Waals surface area contributed by atoms with Gasteiger partial charge in [0.15, 0.2) is 5.82 Å². The Balaban J connectivity index is 0.000000151. The number of carbonyl (C=O) groups is 1. The third-order valence-electron chi connectivity index (χ3n) is 14.3. The van der Waals surface area contributed by atoms with Crippen LogP contribution in [0.5, 0.6) is 17.5 Å². The summed E-state index contributed by atoms with van der Waals surface area (Å²) in [6, 6.07) is 22.4. The Morgan fingerprint density at radius 1 is 0.853 bits per heavy atom. The minimum Gasteiger partial charge on any atom is -0.508 e. The molecule has 7 heterocycles. The van der Waals surface area contributed by atoms with Crippen molar-refractivity contribution in [3.8, 4) is 28.8 Å². The minimum absolute atomic E-state index is 0.0253. The summed E-state index contributed by atoms with van der Waals surface area (Å²) in [6.07, 6.45) is 6.84. The first-order valence-corrected chi connectivity index (χ1v) is 24.3. The number of hydrogen-bond acceptors (Lipinski definition) is 12. The number of nitrogens with zero attached hydrogens (tertiary/aromatic N) is 8. The number of aromatic hydroxyl groups is 2. The SMILES string of the molecule is CC(C)c1cc(C(=O)N2Cc3ccc(CN4CCN(C)CC4)cc3C2)c(O)cc1O.CN1CCCC1.COc1nc(N2CC3CCC(C2)N3)c2cnc(-c3cccc4cccc(C)c34)c(F)c2n1. The van der Waals surface area contributed by atoms with E-state index >= 15 is 4.39 Å². The van der Waals surface area contributed by atoms with Crippen molar-refractivity contribution in [3.05, 3.63) is 112 Å². The highest BCUT2D eigenvalue weighted by molar-refractivity contribution is 6.01. The standard InChI is InChI=1S/C25H24FN5O.C24H31N3O3.C5H11N/c1-14-5-3-6-15-7-4-8-18(20(14)15)22-21(26)23-19(11-27-22)24(30-25(29-23)32-2)31-12-16-9-10-17(13-31)28-16;1-16(2)20-11-21(23(29)12-22(20)28)24(30)27-14-18-5-4-17(10-19(18)15-27)13-26-8-6-25(3)7-9-26;1-6-4-2-3-5-6/h3-8,11,16-17,28H,9-10,12-13H2,1-2H3;4-5,10-12,16,28-29H,6-9,13-15H2,1-3H3;2-5H2,1H3. The predicted octanol–water partition coefficient (Wildman–Crippen LogP) is 8.08. The van der Waals surface area contributed by atoms with Crippen molar-refractivity contribution in [2.45, 2.75) is 84.1 Å². The molecule has 0 aliphatic carbocycles. The van der Waals surface area contributed by atoms with E-state index in [-0.39, 0.29) is 40.4 Å². The van der Waals surface area contributed by atoms with Gasteiger partial charge in [-0.3, -0.25) is 14.7 Å². The summed E-state index contributed by atoms with van der Waals surface area (Å²) < 4.78 is 21.4. The number of phenolic OH excluding ortho intramolecular Hbond substituents is 2. The fraction of sp³-hybridized carbons (Fsp3) is 0.444. The fourth-order valence-corrected chi connectivity index (χ4v) is 10.5. The number of amides is 1. The Labute approximate surface area is 399 Å². The summed E-state index contributed by atoms with van der Waals surface area (Å²) >= 11 is 0. The Morgan fingerprint density at radius 2 is 1.54 bits per heavy atom. The molecule has 4 saturated heterocycles. The number of halogens is 1. The summed E-state index contributed by atoms with van der Waals surface area (Å²) in [5.74, 6) is -0.0437. The van der Waals surface area contributed by atoms with E-state index in [0.717, 1.165) is 86.1 Å². The van der Waals surface area contributed by atoms with Gasteiger partial charge in [-0.05, 0) is 110 Å². The van der Waals surface area contributed by atoms with Crippen LogP contribution in [0.1, 0.15) is 83.6 Å². The maximum atomic E-state index is 16.0. The molecule has 1 amide bonds. The first kappa shape index (κ1) is 47.1. The smallest absolute Gasteiger partial charge is 0.318 e. The summed E-state index contributed by atoms with van der Waals surface area (Å²) in [5, 5.41) is 26.6. The Bertz CT molecular complexity index is 2770. The predicted molar refractivity (Wildman–Crippen MR) is 267 cm³/mol. The lowest BCUT2D eigenvalue weighted by atomic mass is 9.97. The van der Waals surface area contributed by atoms with Crippen LogP contribution in [0.3, 0.4) is 0 Å². The van der Waals surface area contributed by atoms with Gasteiger partial charge in [-0.25, -0.2) is 4.39 Å². The number of likely N-dealkylation sites (tertiary alicyclic amines) is 1. The molecule has 2 aromatic heterocycles. The van der Waals surface area contributed by atoms with E-state index in [0.29, 0.717) is 47.6 Å². The summed E-state index contributed by atoms with van der Waals surface area (Å²) in [4.78, 5) is 37.9. The number of fused-ring (bicyclic) bond motifs is 5. The molecule has 11 rings (SSSR count). The zero-order valence-electron chi connectivity index (χ0n) is 40.4. The highest BCUT2D eigenvalue weighted by atomic mass is 19.1. The van der Waals surface area contributed by atoms with Crippen LogP contribution in [0.2, 0.25) is 0 Å². The monoisotopic (exact) mass is 924 g/mol. The number of nitrogens with one attached hydrogen (secondary N) is 1. The molecule has 6 aromatic rings. The van der Waals surface area contributed by atoms with Crippen LogP contribution >= 0.6 is 0 Å². The number of rotatable bonds is 7. The molecule has 0 saturated carbocycles. The summed E-state index contributed by atoms with van der Waals surface area (Å²) in [5.41, 5.74) is 6.92. The molecule has 4 fully saturated rings. The van der Waals surface area contributed by atoms with Crippen LogP contribution in [0.25, 0.3) is 32.9 Å². The molecular weight excluding hydrogens is 858 g/mol. The third-order valence-corrected chi connectivity index (χ3v) is 14.3. The van der Waals surface area contributed by atoms with Gasteiger partial charge in [0.1, 0.15) is 28.5 Å². The Hall–Kier alpha value is -5.93. The van der Waals surface area contributed by atoms with E-state index in [1.54, 1.807) is 17.2 Å². The molecule has 2 bridgehead atoms. The lowest BCUT2D eigenvalue weighted by molar-refractivity contribution is 0.0748. The number of benzene rings is 4. The largest absolute Gasteiger partial charge is 0.508 e. The molecular formula is C54H66FN9O4. The second kappa shape index (κ2) is 20.3. The molecule has 4 aromatic carbocycles. The van der Waals surface area contributed by atoms with Crippen molar-refractivity contribution in [1.82, 2.24) is 39.9 Å². The van der Waals surface area contributed by atoms with E-state index < -0.39 is 5.82 Å². The average Bonchev–Trinajstić information content (AvgIpc) is 4.09. The fourth-order valence-electron chi connectivity index (χ4n) is 10.5. The number of piperazine rings is 2. The van der Waals surface area contributed by atoms with Crippen LogP contribution in [0, 0.1) is 12.7 Å². The molecule has 2 unspecified atom stereocenters. The average molecular weight is 924 g/mol. The maximum Gasteiger partial charge on any atom is 0.318 e. The van der Waals surface area contributed by atoms with Crippen molar-refractivity contribution >= 4 is 33.4 Å². The molecule has 0 radical (unpaired) electrons. The van der Waals surface area contributed by atoms with E-state index in [4.69, 9.17) is 4.74 Å². The molecule has 2 atom stereocenters. The van der Waals surface area contributed by atoms with Gasteiger partial charge in [0, 0.05) is 88.8 Å². The van der Waals surface area contributed by atoms with Crippen LogP contribution in [0.15, 0.2) is 72.9 Å². The van der Waals surface area contributed by atoms with Gasteiger partial charge in [0.05, 0.1) is 18.1 Å². The third kappa shape index (κ3) is 10.1. The van der Waals surface area contributed by atoms with E-state index in [9.17, 15) is 15.0 Å². The minimum atomic E-state index is -0.446. The number of aromatic nitrogens is 3. The van der Waals surface area contributed by atoms with Crippen molar-refractivity contribution < 1.29 is 24.1 Å². The van der Waals surface area contributed by atoms with Crippen LogP contribution in [0.4, 0.5) is 10.2 Å². The zero-order chi connectivity index (χ0) is 47.6. The van der Waals surface area contributed by atoms with Crippen LogP contribution in [-0.2, 0) is 19.6 Å². The summed E-state index contributed by atoms with van der Waals surface area (Å²) in [7, 11) is 5.85. The number of methoxy groups -OCH3 is 1. The van der Waals surface area contributed by atoms with Crippen molar-refractivity contribution in [2.24, 2.45) is 0 Å². The Morgan fingerprint density at radius 3 is 2.22 bits per heavy atom. The molecule has 3 N–H and O–H groups in total. The number of phenols is 2. The van der Waals surface area contributed by atoms with Crippen molar-refractivity contribution in [2.75, 3.05) is 78.5 Å². The van der Waals surface area contributed by atoms with E-state index in [2.05, 4.69) is 72.2 Å². The molecule has 358 valence electrons. The highest BCUT2D eigenvalue weighted by Crippen LogP contribution is 2.38. The van der Waals surface area contributed by atoms with Gasteiger partial charge >= 0.3 is 6.01 Å². The zero-order valence-corrected chi connectivity index (χ0v) is 40.4. The Kier molecular flexibility index (Phi) is 14.1. The van der Waals surface area contributed by atoms with Gasteiger partial charge in [-0.1, -0.05) is 68.4 Å². The summed E-state index contributed by atoms with van der Waals surface area (Å²) in [6.45, 7) is 16.6. The van der Waals surface area contributed by atoms with Crippen molar-refractivity contribution in [1.29, 1.82) is 0 Å². The number of carbonyl (C=O) groups excluding carboxylic acids is 1. The molecule has 68 heavy (non-hydrogen) atoms. The van der Waals surface area contributed by atoms with Gasteiger partial charge in [-0.15, -0.1) is 0 Å². The maximum absolute atomic E-state index is 16.0. The number of anilines is 1. The van der Waals surface area contributed by atoms with Gasteiger partial charge in [0.2, 0.25) is 0 Å². The van der Waals surface area contributed by atoms with Gasteiger partial charge < -0.3 is 39.9 Å². The number of pyridine rings is 1. The molecule has 5 aliphatic rings. The first-order valence-electron chi connectivity index (χ1n) is 24.3. The van der Waals surface area contributed by atoms with Gasteiger partial charge in [0.25, 0.3) is 5.91 Å². The number of likely N-dealkylation sites (N-methyl/N-ethyl adjacent to an activating group) is 1. The molecule has 14 heteroatoms. The first-order chi connectivity index (χ1) is 32.8. The highest BCUT2D eigenvalue weighted by Gasteiger charge is 2.34. The molecule has 5 aliphatic heterocycles. The van der Waals surface area contributed by atoms with Crippen LogP contribution < -0.4 is 15.0 Å². The number of ether oxygens (including phenoxy) is 1.